The molecule has 31 heavy (non-hydrogen) atoms. The molecule has 8 heteroatoms. The van der Waals surface area contributed by atoms with Crippen LogP contribution in [-0.2, 0) is 4.79 Å². The molecule has 162 valence electrons. The van der Waals surface area contributed by atoms with Gasteiger partial charge in [0.2, 0.25) is 0 Å². The predicted octanol–water partition coefficient (Wildman–Crippen LogP) is 3.89. The number of nitrogens with one attached hydrogen (secondary N) is 1. The standard InChI is InChI=1S/C23H26N4O4/c1-14(2)21-25-23(31-26-21)18-11-6-8-15(3)20(18)24-22(29)16-9-7-10-17(12-16)30-13-19(28)27(4)5/h6-12,14H,13H2,1-5H3,(H,24,29). The maximum Gasteiger partial charge on any atom is 0.260 e. The number of rotatable bonds is 7. The zero-order chi connectivity index (χ0) is 22.5. The van der Waals surface area contributed by atoms with E-state index in [4.69, 9.17) is 9.26 Å². The minimum absolute atomic E-state index is 0.102. The lowest BCUT2D eigenvalue weighted by Gasteiger charge is -2.13. The summed E-state index contributed by atoms with van der Waals surface area (Å²) in [5.41, 5.74) is 2.51. The van der Waals surface area contributed by atoms with E-state index in [2.05, 4.69) is 15.5 Å². The maximum absolute atomic E-state index is 13.0. The fraction of sp³-hybridized carbons (Fsp3) is 0.304. The second kappa shape index (κ2) is 9.42. The van der Waals surface area contributed by atoms with Crippen LogP contribution in [0.25, 0.3) is 11.5 Å². The number of likely N-dealkylation sites (N-methyl/N-ethyl adjacent to an activating group) is 1. The smallest absolute Gasteiger partial charge is 0.260 e. The Hall–Kier alpha value is -3.68. The Morgan fingerprint density at radius 2 is 1.90 bits per heavy atom. The fourth-order valence-electron chi connectivity index (χ4n) is 2.78. The van der Waals surface area contributed by atoms with E-state index in [-0.39, 0.29) is 24.3 Å². The minimum Gasteiger partial charge on any atom is -0.484 e. The number of anilines is 1. The number of para-hydroxylation sites is 1. The van der Waals surface area contributed by atoms with Crippen LogP contribution < -0.4 is 10.1 Å². The van der Waals surface area contributed by atoms with Gasteiger partial charge in [-0.05, 0) is 36.8 Å². The summed E-state index contributed by atoms with van der Waals surface area (Å²) in [6, 6.07) is 12.3. The molecule has 3 rings (SSSR count). The Kier molecular flexibility index (Phi) is 6.69. The van der Waals surface area contributed by atoms with Crippen LogP contribution in [0.15, 0.2) is 47.0 Å². The van der Waals surface area contributed by atoms with E-state index in [1.165, 1.54) is 4.90 Å². The van der Waals surface area contributed by atoms with E-state index in [0.717, 1.165) is 5.56 Å². The largest absolute Gasteiger partial charge is 0.484 e. The number of benzene rings is 2. The Labute approximate surface area is 181 Å². The van der Waals surface area contributed by atoms with Gasteiger partial charge in [-0.3, -0.25) is 9.59 Å². The van der Waals surface area contributed by atoms with Crippen LogP contribution in [0.3, 0.4) is 0 Å². The van der Waals surface area contributed by atoms with Gasteiger partial charge in [-0.2, -0.15) is 4.98 Å². The third-order valence-electron chi connectivity index (χ3n) is 4.66. The van der Waals surface area contributed by atoms with Gasteiger partial charge < -0.3 is 19.5 Å². The number of ether oxygens (including phenoxy) is 1. The van der Waals surface area contributed by atoms with Gasteiger partial charge in [0, 0.05) is 25.6 Å². The number of hydrogen-bond donors (Lipinski definition) is 1. The molecule has 0 aliphatic heterocycles. The van der Waals surface area contributed by atoms with E-state index >= 15 is 0 Å². The molecule has 0 saturated carbocycles. The molecule has 0 radical (unpaired) electrons. The monoisotopic (exact) mass is 422 g/mol. The van der Waals surface area contributed by atoms with Crippen molar-refractivity contribution in [3.8, 4) is 17.2 Å². The normalized spacial score (nSPS) is 10.8. The first-order valence-electron chi connectivity index (χ1n) is 9.94. The van der Waals surface area contributed by atoms with Crippen LogP contribution in [0.5, 0.6) is 5.75 Å². The number of amides is 2. The Balaban J connectivity index is 1.82. The molecule has 0 aliphatic rings. The van der Waals surface area contributed by atoms with Gasteiger partial charge in [0.05, 0.1) is 11.3 Å². The van der Waals surface area contributed by atoms with Crippen molar-refractivity contribution < 1.29 is 18.8 Å². The predicted molar refractivity (Wildman–Crippen MR) is 117 cm³/mol. The molecule has 0 atom stereocenters. The highest BCUT2D eigenvalue weighted by molar-refractivity contribution is 6.06. The molecule has 0 bridgehead atoms. The van der Waals surface area contributed by atoms with Crippen LogP contribution in [-0.4, -0.2) is 47.6 Å². The highest BCUT2D eigenvalue weighted by Crippen LogP contribution is 2.31. The Morgan fingerprint density at radius 3 is 2.58 bits per heavy atom. The van der Waals surface area contributed by atoms with E-state index in [9.17, 15) is 9.59 Å². The van der Waals surface area contributed by atoms with E-state index in [0.29, 0.717) is 34.3 Å². The van der Waals surface area contributed by atoms with Gasteiger partial charge in [-0.15, -0.1) is 0 Å². The first-order valence-corrected chi connectivity index (χ1v) is 9.94. The zero-order valence-electron chi connectivity index (χ0n) is 18.3. The lowest BCUT2D eigenvalue weighted by Crippen LogP contribution is -2.27. The first-order chi connectivity index (χ1) is 14.8. The molecule has 1 N–H and O–H groups in total. The summed E-state index contributed by atoms with van der Waals surface area (Å²) in [7, 11) is 3.31. The molecule has 2 aromatic carbocycles. The van der Waals surface area contributed by atoms with Crippen molar-refractivity contribution in [2.24, 2.45) is 0 Å². The maximum atomic E-state index is 13.0. The topological polar surface area (TPSA) is 97.6 Å². The molecule has 8 nitrogen and oxygen atoms in total. The average molecular weight is 422 g/mol. The van der Waals surface area contributed by atoms with Crippen molar-refractivity contribution >= 4 is 17.5 Å². The number of nitrogens with zero attached hydrogens (tertiary/aromatic N) is 3. The molecule has 0 unspecified atom stereocenters. The number of carbonyl (C=O) groups excluding carboxylic acids is 2. The molecule has 2 amide bonds. The number of aryl methyl sites for hydroxylation is 1. The molecule has 0 fully saturated rings. The van der Waals surface area contributed by atoms with Gasteiger partial charge in [-0.25, -0.2) is 0 Å². The third kappa shape index (κ3) is 5.28. The molecule has 0 spiro atoms. The van der Waals surface area contributed by atoms with E-state index in [1.54, 1.807) is 38.4 Å². The van der Waals surface area contributed by atoms with Gasteiger partial charge in [0.1, 0.15) is 5.75 Å². The molecular formula is C23H26N4O4. The minimum atomic E-state index is -0.316. The van der Waals surface area contributed by atoms with Crippen molar-refractivity contribution in [2.45, 2.75) is 26.7 Å². The molecule has 0 saturated heterocycles. The Morgan fingerprint density at radius 1 is 1.16 bits per heavy atom. The second-order valence-corrected chi connectivity index (χ2v) is 7.67. The van der Waals surface area contributed by atoms with Gasteiger partial charge in [0.25, 0.3) is 17.7 Å². The number of carbonyl (C=O) groups is 2. The molecule has 3 aromatic rings. The molecule has 0 aliphatic carbocycles. The third-order valence-corrected chi connectivity index (χ3v) is 4.66. The highest BCUT2D eigenvalue weighted by atomic mass is 16.5. The summed E-state index contributed by atoms with van der Waals surface area (Å²) in [6.45, 7) is 5.75. The van der Waals surface area contributed by atoms with Crippen LogP contribution >= 0.6 is 0 Å². The summed E-state index contributed by atoms with van der Waals surface area (Å²) < 4.78 is 10.9. The van der Waals surface area contributed by atoms with E-state index < -0.39 is 0 Å². The summed E-state index contributed by atoms with van der Waals surface area (Å²) in [5, 5.41) is 6.96. The summed E-state index contributed by atoms with van der Waals surface area (Å²) in [5.74, 6) is 1.03. The van der Waals surface area contributed by atoms with Crippen molar-refractivity contribution in [1.29, 1.82) is 0 Å². The molecule has 1 heterocycles. The highest BCUT2D eigenvalue weighted by Gasteiger charge is 2.18. The van der Waals surface area contributed by atoms with Crippen molar-refractivity contribution in [1.82, 2.24) is 15.0 Å². The van der Waals surface area contributed by atoms with Crippen molar-refractivity contribution in [2.75, 3.05) is 26.0 Å². The summed E-state index contributed by atoms with van der Waals surface area (Å²) in [6.07, 6.45) is 0. The van der Waals surface area contributed by atoms with E-state index in [1.807, 2.05) is 39.0 Å². The number of hydrogen-bond acceptors (Lipinski definition) is 6. The van der Waals surface area contributed by atoms with Crippen LogP contribution in [0.1, 0.15) is 41.5 Å². The van der Waals surface area contributed by atoms with Crippen LogP contribution in [0.4, 0.5) is 5.69 Å². The van der Waals surface area contributed by atoms with Crippen LogP contribution in [0.2, 0.25) is 0 Å². The first kappa shape index (κ1) is 22.0. The van der Waals surface area contributed by atoms with Crippen molar-refractivity contribution in [3.05, 3.63) is 59.4 Å². The average Bonchev–Trinajstić information content (AvgIpc) is 3.24. The molecule has 1 aromatic heterocycles. The quantitative estimate of drug-likeness (QED) is 0.620. The van der Waals surface area contributed by atoms with Gasteiger partial charge in [-0.1, -0.05) is 37.2 Å². The zero-order valence-corrected chi connectivity index (χ0v) is 18.3. The number of aromatic nitrogens is 2. The molecular weight excluding hydrogens is 396 g/mol. The van der Waals surface area contributed by atoms with Gasteiger partial charge >= 0.3 is 0 Å². The second-order valence-electron chi connectivity index (χ2n) is 7.67. The van der Waals surface area contributed by atoms with Gasteiger partial charge in [0.15, 0.2) is 12.4 Å². The fourth-order valence-corrected chi connectivity index (χ4v) is 2.78. The summed E-state index contributed by atoms with van der Waals surface area (Å²) >= 11 is 0. The van der Waals surface area contributed by atoms with Crippen LogP contribution in [0, 0.1) is 6.92 Å². The Bertz CT molecular complexity index is 1090. The summed E-state index contributed by atoms with van der Waals surface area (Å²) in [4.78, 5) is 30.6. The lowest BCUT2D eigenvalue weighted by molar-refractivity contribution is -0.130. The SMILES string of the molecule is Cc1cccc(-c2nc(C(C)C)no2)c1NC(=O)c1cccc(OCC(=O)N(C)C)c1. The van der Waals surface area contributed by atoms with Crippen molar-refractivity contribution in [3.63, 3.8) is 0 Å². The lowest BCUT2D eigenvalue weighted by atomic mass is 10.1.